The summed E-state index contributed by atoms with van der Waals surface area (Å²) in [6.45, 7) is 1.42. The van der Waals surface area contributed by atoms with Gasteiger partial charge >= 0.3 is 6.36 Å². The van der Waals surface area contributed by atoms with Gasteiger partial charge in [0.15, 0.2) is 11.6 Å². The Morgan fingerprint density at radius 2 is 1.85 bits per heavy atom. The Labute approximate surface area is 187 Å². The van der Waals surface area contributed by atoms with Crippen molar-refractivity contribution in [1.82, 2.24) is 15.7 Å². The summed E-state index contributed by atoms with van der Waals surface area (Å²) in [6, 6.07) is 11.6. The van der Waals surface area contributed by atoms with E-state index in [0.717, 1.165) is 0 Å². The Hall–Kier alpha value is -3.18. The first-order valence-electron chi connectivity index (χ1n) is 10.3. The van der Waals surface area contributed by atoms with Crippen molar-refractivity contribution in [3.8, 4) is 5.75 Å². The zero-order valence-corrected chi connectivity index (χ0v) is 17.5. The molecule has 2 aliphatic rings. The maximum Gasteiger partial charge on any atom is 0.573 e. The van der Waals surface area contributed by atoms with Crippen LogP contribution in [0.3, 0.4) is 0 Å². The average molecular weight is 466 g/mol. The van der Waals surface area contributed by atoms with E-state index in [9.17, 15) is 22.4 Å². The van der Waals surface area contributed by atoms with Crippen LogP contribution in [0.4, 0.5) is 17.6 Å². The first kappa shape index (κ1) is 23.0. The molecule has 2 aromatic carbocycles. The third-order valence-corrected chi connectivity index (χ3v) is 5.45. The molecule has 0 bridgehead atoms. The summed E-state index contributed by atoms with van der Waals surface area (Å²) in [4.78, 5) is 24.5. The number of aliphatic imine (C=N–C) groups is 1. The molecule has 2 N–H and O–H groups in total. The summed E-state index contributed by atoms with van der Waals surface area (Å²) in [5.41, 5.74) is 2.95. The Morgan fingerprint density at radius 1 is 1.15 bits per heavy atom. The highest BCUT2D eigenvalue weighted by Crippen LogP contribution is 2.31. The number of amidine groups is 1. The van der Waals surface area contributed by atoms with E-state index in [0.29, 0.717) is 42.9 Å². The zero-order chi connectivity index (χ0) is 23.5. The van der Waals surface area contributed by atoms with Crippen molar-refractivity contribution in [3.63, 3.8) is 0 Å². The minimum Gasteiger partial charge on any atom is -0.406 e. The zero-order valence-electron chi connectivity index (χ0n) is 17.5. The number of ether oxygens (including phenoxy) is 1. The Morgan fingerprint density at radius 3 is 2.52 bits per heavy atom. The van der Waals surface area contributed by atoms with Gasteiger partial charge in [0.05, 0.1) is 6.54 Å². The minimum absolute atomic E-state index is 0.122. The van der Waals surface area contributed by atoms with E-state index in [4.69, 9.17) is 4.84 Å². The molecule has 2 aliphatic heterocycles. The molecule has 4 rings (SSSR count). The van der Waals surface area contributed by atoms with Gasteiger partial charge in [-0.2, -0.15) is 0 Å². The van der Waals surface area contributed by atoms with Crippen LogP contribution in [0, 0.1) is 5.82 Å². The van der Waals surface area contributed by atoms with Crippen LogP contribution in [0.1, 0.15) is 24.0 Å². The molecule has 1 spiro atoms. The predicted molar refractivity (Wildman–Crippen MR) is 111 cm³/mol. The number of rotatable bonds is 6. The summed E-state index contributed by atoms with van der Waals surface area (Å²) in [6.07, 6.45) is -3.70. The van der Waals surface area contributed by atoms with E-state index in [1.165, 1.54) is 30.3 Å². The molecule has 11 heteroatoms. The van der Waals surface area contributed by atoms with E-state index in [1.807, 2.05) is 4.90 Å². The number of nitrogens with one attached hydrogen (secondary N) is 2. The van der Waals surface area contributed by atoms with Crippen LogP contribution in [0.15, 0.2) is 53.5 Å². The number of amides is 1. The van der Waals surface area contributed by atoms with Gasteiger partial charge < -0.3 is 10.1 Å². The highest BCUT2D eigenvalue weighted by molar-refractivity contribution is 5.99. The van der Waals surface area contributed by atoms with Gasteiger partial charge in [-0.15, -0.1) is 13.2 Å². The Kier molecular flexibility index (Phi) is 6.52. The second-order valence-corrected chi connectivity index (χ2v) is 7.83. The van der Waals surface area contributed by atoms with E-state index in [1.54, 1.807) is 18.2 Å². The molecule has 1 saturated heterocycles. The number of benzene rings is 2. The van der Waals surface area contributed by atoms with E-state index >= 15 is 0 Å². The van der Waals surface area contributed by atoms with Gasteiger partial charge in [0.2, 0.25) is 5.91 Å². The van der Waals surface area contributed by atoms with Gasteiger partial charge in [0.1, 0.15) is 11.6 Å². The third-order valence-electron chi connectivity index (χ3n) is 5.45. The summed E-state index contributed by atoms with van der Waals surface area (Å²) < 4.78 is 54.5. The summed E-state index contributed by atoms with van der Waals surface area (Å²) in [5, 5.41) is 2.72. The molecule has 176 valence electrons. The van der Waals surface area contributed by atoms with Gasteiger partial charge in [-0.1, -0.05) is 18.2 Å². The molecule has 0 atom stereocenters. The number of likely N-dealkylation sites (tertiary alicyclic amines) is 1. The number of hydroxylamine groups is 1. The molecule has 0 radical (unpaired) electrons. The van der Waals surface area contributed by atoms with Gasteiger partial charge in [-0.25, -0.2) is 19.7 Å². The Balaban J connectivity index is 1.27. The minimum atomic E-state index is -4.75. The topological polar surface area (TPSA) is 75.2 Å². The van der Waals surface area contributed by atoms with E-state index in [2.05, 4.69) is 20.5 Å². The molecule has 1 fully saturated rings. The molecule has 2 aromatic rings. The largest absolute Gasteiger partial charge is 0.573 e. The quantitative estimate of drug-likeness (QED) is 0.640. The number of hydrogen-bond donors (Lipinski definition) is 2. The van der Waals surface area contributed by atoms with E-state index in [-0.39, 0.29) is 30.6 Å². The maximum absolute atomic E-state index is 13.7. The van der Waals surface area contributed by atoms with Gasteiger partial charge in [0, 0.05) is 43.6 Å². The third kappa shape index (κ3) is 5.99. The lowest BCUT2D eigenvalue weighted by atomic mass is 10.0. The van der Waals surface area contributed by atoms with Gasteiger partial charge in [-0.3, -0.25) is 9.69 Å². The summed E-state index contributed by atoms with van der Waals surface area (Å²) in [7, 11) is 0. The van der Waals surface area contributed by atoms with Crippen LogP contribution in [0.25, 0.3) is 0 Å². The van der Waals surface area contributed by atoms with Crippen molar-refractivity contribution in [2.45, 2.75) is 31.5 Å². The van der Waals surface area contributed by atoms with Gasteiger partial charge in [0.25, 0.3) is 0 Å². The Bertz CT molecular complexity index is 1020. The highest BCUT2D eigenvalue weighted by Gasteiger charge is 2.40. The van der Waals surface area contributed by atoms with Crippen LogP contribution in [0.2, 0.25) is 0 Å². The molecule has 0 unspecified atom stereocenters. The van der Waals surface area contributed by atoms with Crippen molar-refractivity contribution in [3.05, 3.63) is 65.5 Å². The van der Waals surface area contributed by atoms with Crippen molar-refractivity contribution < 1.29 is 31.9 Å². The molecule has 0 aliphatic carbocycles. The number of carbonyl (C=O) groups excluding carboxylic acids is 1. The molecule has 33 heavy (non-hydrogen) atoms. The van der Waals surface area contributed by atoms with Crippen LogP contribution >= 0.6 is 0 Å². The number of hydrogen-bond acceptors (Lipinski definition) is 6. The first-order chi connectivity index (χ1) is 15.7. The maximum atomic E-state index is 13.7. The lowest BCUT2D eigenvalue weighted by Crippen LogP contribution is -2.47. The standard InChI is InChI=1S/C22H22F4N4O3/c23-18-4-2-1-3-16(18)13-27-19(31)14-30-11-9-21(10-12-30)28-20(29-33-21)15-5-7-17(8-6-15)32-22(24,25)26/h1-8H,9-14H2,(H,27,31)(H,28,29). The fourth-order valence-corrected chi connectivity index (χ4v) is 3.70. The molecule has 2 heterocycles. The predicted octanol–water partition coefficient (Wildman–Crippen LogP) is 3.11. The number of halogens is 4. The van der Waals surface area contributed by atoms with Crippen molar-refractivity contribution in [1.29, 1.82) is 0 Å². The van der Waals surface area contributed by atoms with Crippen LogP contribution < -0.4 is 15.5 Å². The number of piperidine rings is 1. The van der Waals surface area contributed by atoms with Crippen LogP contribution in [-0.4, -0.2) is 48.4 Å². The number of carbonyl (C=O) groups is 1. The normalized spacial score (nSPS) is 18.0. The molecule has 0 saturated carbocycles. The summed E-state index contributed by atoms with van der Waals surface area (Å²) >= 11 is 0. The molecular formula is C22H22F4N4O3. The first-order valence-corrected chi connectivity index (χ1v) is 10.3. The fourth-order valence-electron chi connectivity index (χ4n) is 3.70. The SMILES string of the molecule is O=C(CN1CCC2(CC1)N=C(c1ccc(OC(F)(F)F)cc1)NO2)NCc1ccccc1F. The monoisotopic (exact) mass is 466 g/mol. The van der Waals surface area contributed by atoms with Crippen LogP contribution in [-0.2, 0) is 16.2 Å². The highest BCUT2D eigenvalue weighted by atomic mass is 19.4. The number of nitrogens with zero attached hydrogens (tertiary/aromatic N) is 2. The van der Waals surface area contributed by atoms with Crippen molar-refractivity contribution >= 4 is 11.7 Å². The van der Waals surface area contributed by atoms with Crippen LogP contribution in [0.5, 0.6) is 5.75 Å². The fraction of sp³-hybridized carbons (Fsp3) is 0.364. The summed E-state index contributed by atoms with van der Waals surface area (Å²) in [5.74, 6) is -0.462. The second-order valence-electron chi connectivity index (χ2n) is 7.83. The average Bonchev–Trinajstić information content (AvgIpc) is 3.18. The molecular weight excluding hydrogens is 444 g/mol. The van der Waals surface area contributed by atoms with Gasteiger partial charge in [-0.05, 0) is 30.3 Å². The van der Waals surface area contributed by atoms with Crippen molar-refractivity contribution in [2.24, 2.45) is 4.99 Å². The van der Waals surface area contributed by atoms with Crippen molar-refractivity contribution in [2.75, 3.05) is 19.6 Å². The lowest BCUT2D eigenvalue weighted by molar-refractivity contribution is -0.274. The van der Waals surface area contributed by atoms with E-state index < -0.39 is 12.1 Å². The number of alkyl halides is 3. The molecule has 0 aromatic heterocycles. The molecule has 1 amide bonds. The second kappa shape index (κ2) is 9.36. The smallest absolute Gasteiger partial charge is 0.406 e. The lowest BCUT2D eigenvalue weighted by Gasteiger charge is -2.35. The molecule has 7 nitrogen and oxygen atoms in total.